The molecular weight excluding hydrogens is 432 g/mol. The van der Waals surface area contributed by atoms with Crippen LogP contribution in [0.4, 0.5) is 0 Å². The minimum atomic E-state index is -3.82. The van der Waals surface area contributed by atoms with Crippen molar-refractivity contribution in [3.05, 3.63) is 29.8 Å². The standard InChI is InChI=1S/C22H32N4O5S/c27-21-17-26(11-7-23-21)32(29,30)20-3-1-2-19(16-20)22(28)25-9-5-18(6-10-25)4-8-24-12-14-31-15-13-24/h1-3,16,18H,4-15,17H2,(H,23,27). The van der Waals surface area contributed by atoms with Crippen LogP contribution in [0.1, 0.15) is 29.6 Å². The van der Waals surface area contributed by atoms with E-state index in [4.69, 9.17) is 4.74 Å². The first kappa shape index (κ1) is 23.2. The number of piperidine rings is 1. The van der Waals surface area contributed by atoms with Crippen molar-refractivity contribution in [2.45, 2.75) is 24.2 Å². The van der Waals surface area contributed by atoms with E-state index in [-0.39, 0.29) is 36.3 Å². The SMILES string of the molecule is O=C1CN(S(=O)(=O)c2cccc(C(=O)N3CCC(CCN4CCOCC4)CC3)c2)CCN1. The van der Waals surface area contributed by atoms with Gasteiger partial charge < -0.3 is 15.0 Å². The average Bonchev–Trinajstić information content (AvgIpc) is 2.83. The number of ether oxygens (including phenoxy) is 1. The highest BCUT2D eigenvalue weighted by atomic mass is 32.2. The summed E-state index contributed by atoms with van der Waals surface area (Å²) in [4.78, 5) is 29.0. The molecule has 0 spiro atoms. The van der Waals surface area contributed by atoms with Gasteiger partial charge in [0.1, 0.15) is 0 Å². The monoisotopic (exact) mass is 464 g/mol. The molecule has 4 rings (SSSR count). The van der Waals surface area contributed by atoms with Gasteiger partial charge in [-0.2, -0.15) is 4.31 Å². The Labute approximate surface area is 189 Å². The fourth-order valence-electron chi connectivity index (χ4n) is 4.56. The molecule has 1 N–H and O–H groups in total. The van der Waals surface area contributed by atoms with E-state index in [0.717, 1.165) is 56.4 Å². The van der Waals surface area contributed by atoms with E-state index in [1.807, 2.05) is 4.90 Å². The summed E-state index contributed by atoms with van der Waals surface area (Å²) in [5.74, 6) is 0.160. The molecule has 0 aliphatic carbocycles. The molecule has 32 heavy (non-hydrogen) atoms. The number of amides is 2. The third kappa shape index (κ3) is 5.48. The average molecular weight is 465 g/mol. The van der Waals surface area contributed by atoms with Crippen LogP contribution in [0.2, 0.25) is 0 Å². The zero-order valence-corrected chi connectivity index (χ0v) is 19.2. The van der Waals surface area contributed by atoms with E-state index in [9.17, 15) is 18.0 Å². The molecule has 1 aromatic rings. The van der Waals surface area contributed by atoms with Gasteiger partial charge in [-0.15, -0.1) is 0 Å². The summed E-state index contributed by atoms with van der Waals surface area (Å²) < 4.78 is 32.4. The van der Waals surface area contributed by atoms with Crippen LogP contribution >= 0.6 is 0 Å². The van der Waals surface area contributed by atoms with Gasteiger partial charge in [0.2, 0.25) is 15.9 Å². The fourth-order valence-corrected chi connectivity index (χ4v) is 6.00. The minimum Gasteiger partial charge on any atom is -0.379 e. The highest BCUT2D eigenvalue weighted by Gasteiger charge is 2.30. The zero-order chi connectivity index (χ0) is 22.6. The second-order valence-corrected chi connectivity index (χ2v) is 10.6. The molecule has 0 aromatic heterocycles. The molecule has 0 bridgehead atoms. The Morgan fingerprint density at radius 1 is 1.09 bits per heavy atom. The summed E-state index contributed by atoms with van der Waals surface area (Å²) >= 11 is 0. The van der Waals surface area contributed by atoms with Crippen LogP contribution in [0.3, 0.4) is 0 Å². The maximum Gasteiger partial charge on any atom is 0.253 e. The number of rotatable bonds is 6. The fraction of sp³-hybridized carbons (Fsp3) is 0.636. The van der Waals surface area contributed by atoms with Gasteiger partial charge in [-0.3, -0.25) is 14.5 Å². The first-order valence-corrected chi connectivity index (χ1v) is 12.8. The molecule has 10 heteroatoms. The van der Waals surface area contributed by atoms with Gasteiger partial charge in [-0.05, 0) is 49.9 Å². The number of piperazine rings is 1. The van der Waals surface area contributed by atoms with Gasteiger partial charge >= 0.3 is 0 Å². The van der Waals surface area contributed by atoms with Crippen molar-refractivity contribution in [2.75, 3.05) is 65.6 Å². The molecule has 2 amide bonds. The van der Waals surface area contributed by atoms with Crippen molar-refractivity contribution < 1.29 is 22.7 Å². The number of hydrogen-bond donors (Lipinski definition) is 1. The molecule has 176 valence electrons. The minimum absolute atomic E-state index is 0.0541. The van der Waals surface area contributed by atoms with Crippen molar-refractivity contribution in [3.8, 4) is 0 Å². The number of likely N-dealkylation sites (tertiary alicyclic amines) is 1. The molecular formula is C22H32N4O5S. The molecule has 0 atom stereocenters. The lowest BCUT2D eigenvalue weighted by Gasteiger charge is -2.34. The topological polar surface area (TPSA) is 99.3 Å². The van der Waals surface area contributed by atoms with Crippen molar-refractivity contribution >= 4 is 21.8 Å². The number of carbonyl (C=O) groups is 2. The molecule has 0 saturated carbocycles. The lowest BCUT2D eigenvalue weighted by atomic mass is 9.93. The van der Waals surface area contributed by atoms with Crippen LogP contribution in [-0.4, -0.2) is 99.9 Å². The summed E-state index contributed by atoms with van der Waals surface area (Å²) in [6.45, 7) is 6.40. The molecule has 1 aromatic carbocycles. The van der Waals surface area contributed by atoms with Crippen LogP contribution in [0.15, 0.2) is 29.2 Å². The van der Waals surface area contributed by atoms with E-state index in [2.05, 4.69) is 10.2 Å². The van der Waals surface area contributed by atoms with E-state index in [0.29, 0.717) is 24.6 Å². The Balaban J connectivity index is 1.33. The number of morpholine rings is 1. The van der Waals surface area contributed by atoms with Gasteiger partial charge in [0.25, 0.3) is 5.91 Å². The first-order chi connectivity index (χ1) is 15.4. The second kappa shape index (κ2) is 10.3. The Morgan fingerprint density at radius 3 is 2.56 bits per heavy atom. The Kier molecular flexibility index (Phi) is 7.44. The molecule has 0 radical (unpaired) electrons. The predicted octanol–water partition coefficient (Wildman–Crippen LogP) is 0.382. The second-order valence-electron chi connectivity index (χ2n) is 8.69. The smallest absolute Gasteiger partial charge is 0.253 e. The number of carbonyl (C=O) groups excluding carboxylic acids is 2. The summed E-state index contributed by atoms with van der Waals surface area (Å²) in [7, 11) is -3.82. The molecule has 3 aliphatic rings. The quantitative estimate of drug-likeness (QED) is 0.654. The Hall–Kier alpha value is -2.01. The van der Waals surface area contributed by atoms with Crippen molar-refractivity contribution in [3.63, 3.8) is 0 Å². The van der Waals surface area contributed by atoms with E-state index in [1.165, 1.54) is 12.1 Å². The predicted molar refractivity (Wildman–Crippen MR) is 119 cm³/mol. The molecule has 9 nitrogen and oxygen atoms in total. The number of nitrogens with zero attached hydrogens (tertiary/aromatic N) is 3. The maximum absolute atomic E-state index is 13.1. The van der Waals surface area contributed by atoms with Gasteiger partial charge in [0, 0.05) is 44.8 Å². The lowest BCUT2D eigenvalue weighted by molar-refractivity contribution is -0.122. The molecule has 3 heterocycles. The van der Waals surface area contributed by atoms with Gasteiger partial charge in [0.05, 0.1) is 24.7 Å². The lowest BCUT2D eigenvalue weighted by Crippen LogP contribution is -2.49. The van der Waals surface area contributed by atoms with Crippen molar-refractivity contribution in [1.82, 2.24) is 19.4 Å². The number of sulfonamides is 1. The van der Waals surface area contributed by atoms with Crippen LogP contribution < -0.4 is 5.32 Å². The van der Waals surface area contributed by atoms with E-state index < -0.39 is 10.0 Å². The number of hydrogen-bond acceptors (Lipinski definition) is 6. The summed E-state index contributed by atoms with van der Waals surface area (Å²) in [6, 6.07) is 6.18. The van der Waals surface area contributed by atoms with Crippen LogP contribution in [0, 0.1) is 5.92 Å². The van der Waals surface area contributed by atoms with Crippen molar-refractivity contribution in [1.29, 1.82) is 0 Å². The molecule has 3 saturated heterocycles. The Bertz CT molecular complexity index is 924. The first-order valence-electron chi connectivity index (χ1n) is 11.4. The summed E-state index contributed by atoms with van der Waals surface area (Å²) in [6.07, 6.45) is 3.08. The number of nitrogens with one attached hydrogen (secondary N) is 1. The third-order valence-corrected chi connectivity index (χ3v) is 8.42. The summed E-state index contributed by atoms with van der Waals surface area (Å²) in [5, 5.41) is 2.63. The van der Waals surface area contributed by atoms with E-state index >= 15 is 0 Å². The molecule has 0 unspecified atom stereocenters. The maximum atomic E-state index is 13.1. The van der Waals surface area contributed by atoms with Crippen LogP contribution in [0.25, 0.3) is 0 Å². The normalized spacial score (nSPS) is 22.0. The highest BCUT2D eigenvalue weighted by Crippen LogP contribution is 2.24. The molecule has 3 fully saturated rings. The van der Waals surface area contributed by atoms with Gasteiger partial charge in [-0.1, -0.05) is 6.07 Å². The Morgan fingerprint density at radius 2 is 1.84 bits per heavy atom. The van der Waals surface area contributed by atoms with Gasteiger partial charge in [0.15, 0.2) is 0 Å². The van der Waals surface area contributed by atoms with Crippen LogP contribution in [0.5, 0.6) is 0 Å². The van der Waals surface area contributed by atoms with Crippen molar-refractivity contribution in [2.24, 2.45) is 5.92 Å². The zero-order valence-electron chi connectivity index (χ0n) is 18.4. The van der Waals surface area contributed by atoms with Gasteiger partial charge in [-0.25, -0.2) is 8.42 Å². The summed E-state index contributed by atoms with van der Waals surface area (Å²) in [5.41, 5.74) is 0.374. The molecule has 3 aliphatic heterocycles. The van der Waals surface area contributed by atoms with E-state index in [1.54, 1.807) is 12.1 Å². The van der Waals surface area contributed by atoms with Crippen LogP contribution in [-0.2, 0) is 19.6 Å². The number of benzene rings is 1. The third-order valence-electron chi connectivity index (χ3n) is 6.58. The largest absolute Gasteiger partial charge is 0.379 e. The highest BCUT2D eigenvalue weighted by molar-refractivity contribution is 7.89.